The normalized spacial score (nSPS) is 11.8. The highest BCUT2D eigenvalue weighted by molar-refractivity contribution is 7.13. The van der Waals surface area contributed by atoms with Crippen LogP contribution in [0.15, 0.2) is 29.6 Å². The summed E-state index contributed by atoms with van der Waals surface area (Å²) in [5.41, 5.74) is 1.00. The summed E-state index contributed by atoms with van der Waals surface area (Å²) in [6, 6.07) is 7.21. The largest absolute Gasteiger partial charge is 0.448 e. The fourth-order valence-electron chi connectivity index (χ4n) is 1.71. The minimum absolute atomic E-state index is 0.177. The van der Waals surface area contributed by atoms with Crippen LogP contribution in [0.25, 0.3) is 10.6 Å². The molecule has 0 unspecified atom stereocenters. The van der Waals surface area contributed by atoms with Crippen LogP contribution < -0.4 is 5.32 Å². The van der Waals surface area contributed by atoms with Crippen molar-refractivity contribution in [2.45, 2.75) is 20.0 Å². The van der Waals surface area contributed by atoms with E-state index in [9.17, 15) is 9.59 Å². The van der Waals surface area contributed by atoms with E-state index in [2.05, 4.69) is 10.3 Å². The van der Waals surface area contributed by atoms with Crippen molar-refractivity contribution in [1.82, 2.24) is 10.3 Å². The molecule has 22 heavy (non-hydrogen) atoms. The number of hydrogen-bond donors (Lipinski definition) is 1. The average Bonchev–Trinajstić information content (AvgIpc) is 2.97. The molecule has 0 aliphatic heterocycles. The van der Waals surface area contributed by atoms with Crippen LogP contribution in [0.2, 0.25) is 5.02 Å². The van der Waals surface area contributed by atoms with Crippen LogP contribution in [0.5, 0.6) is 0 Å². The molecule has 1 amide bonds. The van der Waals surface area contributed by atoms with Gasteiger partial charge in [-0.1, -0.05) is 23.7 Å². The maximum Gasteiger partial charge on any atom is 0.358 e. The maximum atomic E-state index is 12.0. The van der Waals surface area contributed by atoms with Gasteiger partial charge in [0.05, 0.1) is 0 Å². The highest BCUT2D eigenvalue weighted by atomic mass is 35.5. The third-order valence-electron chi connectivity index (χ3n) is 2.79. The highest BCUT2D eigenvalue weighted by Crippen LogP contribution is 2.26. The van der Waals surface area contributed by atoms with Gasteiger partial charge in [-0.3, -0.25) is 4.79 Å². The first-order valence-corrected chi connectivity index (χ1v) is 7.97. The first kappa shape index (κ1) is 16.5. The quantitative estimate of drug-likeness (QED) is 0.850. The molecule has 2 aromatic rings. The molecule has 0 aliphatic carbocycles. The highest BCUT2D eigenvalue weighted by Gasteiger charge is 2.20. The lowest BCUT2D eigenvalue weighted by Crippen LogP contribution is -2.35. The molecule has 0 bridgehead atoms. The Hall–Kier alpha value is -1.92. The van der Waals surface area contributed by atoms with Gasteiger partial charge in [-0.15, -0.1) is 11.3 Å². The van der Waals surface area contributed by atoms with Crippen LogP contribution in [-0.2, 0) is 9.53 Å². The first-order valence-electron chi connectivity index (χ1n) is 6.71. The van der Waals surface area contributed by atoms with Gasteiger partial charge in [0.2, 0.25) is 0 Å². The molecular formula is C15H15ClN2O3S. The Morgan fingerprint density at radius 1 is 1.45 bits per heavy atom. The van der Waals surface area contributed by atoms with Crippen molar-refractivity contribution < 1.29 is 14.3 Å². The Labute approximate surface area is 137 Å². The van der Waals surface area contributed by atoms with Crippen molar-refractivity contribution in [3.05, 3.63) is 40.4 Å². The number of thiazole rings is 1. The van der Waals surface area contributed by atoms with Crippen LogP contribution in [0.3, 0.4) is 0 Å². The Morgan fingerprint density at radius 3 is 2.91 bits per heavy atom. The van der Waals surface area contributed by atoms with Gasteiger partial charge in [0.1, 0.15) is 5.01 Å². The molecule has 0 saturated carbocycles. The molecule has 5 nitrogen and oxygen atoms in total. The summed E-state index contributed by atoms with van der Waals surface area (Å²) >= 11 is 7.25. The number of esters is 1. The monoisotopic (exact) mass is 338 g/mol. The summed E-state index contributed by atoms with van der Waals surface area (Å²) in [5, 5.41) is 5.46. The zero-order valence-corrected chi connectivity index (χ0v) is 13.7. The third-order valence-corrected chi connectivity index (χ3v) is 3.92. The molecular weight excluding hydrogens is 324 g/mol. The summed E-state index contributed by atoms with van der Waals surface area (Å²) in [4.78, 5) is 27.8. The number of hydrogen-bond acceptors (Lipinski definition) is 5. The number of likely N-dealkylation sites (N-methyl/N-ethyl adjacent to an activating group) is 1. The van der Waals surface area contributed by atoms with Crippen LogP contribution in [-0.4, -0.2) is 29.5 Å². The number of nitrogens with one attached hydrogen (secondary N) is 1. The zero-order chi connectivity index (χ0) is 16.1. The first-order chi connectivity index (χ1) is 10.5. The topological polar surface area (TPSA) is 68.3 Å². The smallest absolute Gasteiger partial charge is 0.358 e. The van der Waals surface area contributed by atoms with Gasteiger partial charge in [-0.2, -0.15) is 0 Å². The predicted molar refractivity (Wildman–Crippen MR) is 86.1 cm³/mol. The van der Waals surface area contributed by atoms with Crippen molar-refractivity contribution >= 4 is 34.8 Å². The number of rotatable bonds is 5. The van der Waals surface area contributed by atoms with Gasteiger partial charge in [0.15, 0.2) is 11.8 Å². The second kappa shape index (κ2) is 7.38. The summed E-state index contributed by atoms with van der Waals surface area (Å²) in [5.74, 6) is -0.954. The molecule has 1 atom stereocenters. The fourth-order valence-corrected chi connectivity index (χ4v) is 2.69. The lowest BCUT2D eigenvalue weighted by atomic mass is 10.2. The van der Waals surface area contributed by atoms with E-state index in [0.717, 1.165) is 5.56 Å². The molecule has 1 aromatic carbocycles. The van der Waals surface area contributed by atoms with E-state index in [-0.39, 0.29) is 11.6 Å². The molecule has 0 radical (unpaired) electrons. The number of halogens is 1. The Kier molecular flexibility index (Phi) is 5.51. The van der Waals surface area contributed by atoms with Gasteiger partial charge in [-0.25, -0.2) is 9.78 Å². The Morgan fingerprint density at radius 2 is 2.23 bits per heavy atom. The van der Waals surface area contributed by atoms with E-state index in [0.29, 0.717) is 16.6 Å². The SMILES string of the molecule is CCNC(=O)[C@@H](C)OC(=O)c1csc(-c2cccc(Cl)c2)n1. The fraction of sp³-hybridized carbons (Fsp3) is 0.267. The predicted octanol–water partition coefficient (Wildman–Crippen LogP) is 3.14. The number of nitrogens with zero attached hydrogens (tertiary/aromatic N) is 1. The van der Waals surface area contributed by atoms with E-state index >= 15 is 0 Å². The lowest BCUT2D eigenvalue weighted by Gasteiger charge is -2.11. The number of benzene rings is 1. The van der Waals surface area contributed by atoms with Crippen molar-refractivity contribution in [3.63, 3.8) is 0 Å². The second-order valence-corrected chi connectivity index (χ2v) is 5.78. The minimum atomic E-state index is -0.858. The van der Waals surface area contributed by atoms with Gasteiger partial charge < -0.3 is 10.1 Å². The standard InChI is InChI=1S/C15H15ClN2O3S/c1-3-17-13(19)9(2)21-15(20)12-8-22-14(18-12)10-5-4-6-11(16)7-10/h4-9H,3H2,1-2H3,(H,17,19)/t9-/m1/s1. The van der Waals surface area contributed by atoms with Crippen LogP contribution >= 0.6 is 22.9 Å². The minimum Gasteiger partial charge on any atom is -0.448 e. The van der Waals surface area contributed by atoms with Crippen molar-refractivity contribution in [3.8, 4) is 10.6 Å². The van der Waals surface area contributed by atoms with E-state index in [1.807, 2.05) is 12.1 Å². The Balaban J connectivity index is 2.08. The molecule has 1 heterocycles. The molecule has 0 aliphatic rings. The lowest BCUT2D eigenvalue weighted by molar-refractivity contribution is -0.128. The van der Waals surface area contributed by atoms with E-state index < -0.39 is 12.1 Å². The number of carbonyl (C=O) groups is 2. The second-order valence-electron chi connectivity index (χ2n) is 4.49. The zero-order valence-electron chi connectivity index (χ0n) is 12.1. The van der Waals surface area contributed by atoms with Gasteiger partial charge >= 0.3 is 5.97 Å². The van der Waals surface area contributed by atoms with Gasteiger partial charge in [0.25, 0.3) is 5.91 Å². The summed E-state index contributed by atoms with van der Waals surface area (Å²) in [7, 11) is 0. The molecule has 0 fully saturated rings. The Bertz CT molecular complexity index is 687. The summed E-state index contributed by atoms with van der Waals surface area (Å²) < 4.78 is 5.09. The van der Waals surface area contributed by atoms with Crippen molar-refractivity contribution in [2.24, 2.45) is 0 Å². The average molecular weight is 339 g/mol. The number of ether oxygens (including phenoxy) is 1. The van der Waals surface area contributed by atoms with Gasteiger partial charge in [-0.05, 0) is 26.0 Å². The molecule has 2 rings (SSSR count). The number of amides is 1. The molecule has 7 heteroatoms. The van der Waals surface area contributed by atoms with E-state index in [4.69, 9.17) is 16.3 Å². The van der Waals surface area contributed by atoms with Crippen LogP contribution in [0.4, 0.5) is 0 Å². The molecule has 1 aromatic heterocycles. The van der Waals surface area contributed by atoms with Crippen LogP contribution in [0.1, 0.15) is 24.3 Å². The van der Waals surface area contributed by atoms with Crippen molar-refractivity contribution in [1.29, 1.82) is 0 Å². The molecule has 116 valence electrons. The summed E-state index contributed by atoms with van der Waals surface area (Å²) in [6.07, 6.45) is -0.858. The van der Waals surface area contributed by atoms with E-state index in [1.165, 1.54) is 18.3 Å². The maximum absolute atomic E-state index is 12.0. The third kappa shape index (κ3) is 4.05. The number of carbonyl (C=O) groups excluding carboxylic acids is 2. The molecule has 0 spiro atoms. The van der Waals surface area contributed by atoms with E-state index in [1.54, 1.807) is 24.4 Å². The van der Waals surface area contributed by atoms with Crippen LogP contribution in [0, 0.1) is 0 Å². The summed E-state index contributed by atoms with van der Waals surface area (Å²) in [6.45, 7) is 3.80. The van der Waals surface area contributed by atoms with Gasteiger partial charge in [0, 0.05) is 22.5 Å². The molecule has 0 saturated heterocycles. The molecule has 1 N–H and O–H groups in total. The number of aromatic nitrogens is 1. The van der Waals surface area contributed by atoms with Crippen molar-refractivity contribution in [2.75, 3.05) is 6.54 Å².